The summed E-state index contributed by atoms with van der Waals surface area (Å²) in [7, 11) is -0.628. The van der Waals surface area contributed by atoms with Crippen LogP contribution in [0.5, 0.6) is 17.2 Å². The molecule has 1 saturated carbocycles. The zero-order chi connectivity index (χ0) is 19.7. The quantitative estimate of drug-likeness (QED) is 0.709. The van der Waals surface area contributed by atoms with Crippen LogP contribution >= 0.6 is 0 Å². The van der Waals surface area contributed by atoms with Crippen molar-refractivity contribution in [2.24, 2.45) is 0 Å². The van der Waals surface area contributed by atoms with E-state index in [-0.39, 0.29) is 10.9 Å². The van der Waals surface area contributed by atoms with Crippen molar-refractivity contribution < 1.29 is 22.6 Å². The topological polar surface area (TPSA) is 65.1 Å². The van der Waals surface area contributed by atoms with E-state index >= 15 is 0 Å². The first kappa shape index (κ1) is 19.1. The first-order chi connectivity index (χ1) is 13.5. The molecule has 2 aromatic carbocycles. The Morgan fingerprint density at radius 3 is 2.54 bits per heavy atom. The van der Waals surface area contributed by atoms with Gasteiger partial charge in [-0.15, -0.1) is 0 Å². The van der Waals surface area contributed by atoms with Gasteiger partial charge in [0.1, 0.15) is 5.75 Å². The van der Waals surface area contributed by atoms with Crippen LogP contribution in [-0.2, 0) is 23.0 Å². The van der Waals surface area contributed by atoms with Crippen molar-refractivity contribution in [1.29, 1.82) is 0 Å². The van der Waals surface area contributed by atoms with Crippen LogP contribution in [0.4, 0.5) is 0 Å². The summed E-state index contributed by atoms with van der Waals surface area (Å²) in [5, 5.41) is 0. The van der Waals surface area contributed by atoms with E-state index in [1.54, 1.807) is 16.4 Å². The highest BCUT2D eigenvalue weighted by Gasteiger charge is 2.35. The van der Waals surface area contributed by atoms with E-state index in [2.05, 4.69) is 6.07 Å². The van der Waals surface area contributed by atoms with E-state index < -0.39 is 10.0 Å². The van der Waals surface area contributed by atoms with Crippen molar-refractivity contribution in [3.8, 4) is 17.2 Å². The molecular formula is C21H25NO5S. The van der Waals surface area contributed by atoms with Gasteiger partial charge in [0.15, 0.2) is 11.5 Å². The van der Waals surface area contributed by atoms with Crippen LogP contribution in [0.25, 0.3) is 0 Å². The lowest BCUT2D eigenvalue weighted by atomic mass is 9.93. The standard InChI is InChI=1S/C21H25NO5S/c1-25-20-9-7-18(13-21(20)26-2)28(23,24)22(17-4-3-5-17)14-15-6-8-19-16(12-15)10-11-27-19/h6-9,12-13,17H,3-5,10-11,14H2,1-2H3. The summed E-state index contributed by atoms with van der Waals surface area (Å²) in [5.41, 5.74) is 2.13. The molecule has 2 aliphatic rings. The number of fused-ring (bicyclic) bond motifs is 1. The van der Waals surface area contributed by atoms with Crippen LogP contribution in [0, 0.1) is 0 Å². The Kier molecular flexibility index (Phi) is 5.21. The van der Waals surface area contributed by atoms with Gasteiger partial charge in [-0.3, -0.25) is 0 Å². The van der Waals surface area contributed by atoms with Crippen LogP contribution in [-0.4, -0.2) is 39.6 Å². The molecule has 28 heavy (non-hydrogen) atoms. The maximum absolute atomic E-state index is 13.5. The Morgan fingerprint density at radius 2 is 1.86 bits per heavy atom. The third kappa shape index (κ3) is 3.44. The predicted octanol–water partition coefficient (Wildman–Crippen LogP) is 3.38. The minimum atomic E-state index is -3.66. The maximum Gasteiger partial charge on any atom is 0.243 e. The molecule has 0 radical (unpaired) electrons. The zero-order valence-electron chi connectivity index (χ0n) is 16.2. The largest absolute Gasteiger partial charge is 0.493 e. The molecule has 1 fully saturated rings. The lowest BCUT2D eigenvalue weighted by molar-refractivity contribution is 0.213. The zero-order valence-corrected chi connectivity index (χ0v) is 17.0. The number of nitrogens with zero attached hydrogens (tertiary/aromatic N) is 1. The van der Waals surface area contributed by atoms with E-state index in [0.717, 1.165) is 42.6 Å². The minimum absolute atomic E-state index is 0.0302. The Balaban J connectivity index is 1.67. The molecule has 7 heteroatoms. The third-order valence-corrected chi connectivity index (χ3v) is 7.43. The van der Waals surface area contributed by atoms with Crippen LogP contribution in [0.1, 0.15) is 30.4 Å². The van der Waals surface area contributed by atoms with Crippen molar-refractivity contribution >= 4 is 10.0 Å². The summed E-state index contributed by atoms with van der Waals surface area (Å²) in [6.45, 7) is 1.05. The average molecular weight is 404 g/mol. The van der Waals surface area contributed by atoms with Gasteiger partial charge >= 0.3 is 0 Å². The van der Waals surface area contributed by atoms with Gasteiger partial charge in [0, 0.05) is 25.1 Å². The summed E-state index contributed by atoms with van der Waals surface area (Å²) >= 11 is 0. The van der Waals surface area contributed by atoms with Crippen molar-refractivity contribution in [3.63, 3.8) is 0 Å². The Morgan fingerprint density at radius 1 is 1.07 bits per heavy atom. The minimum Gasteiger partial charge on any atom is -0.493 e. The highest BCUT2D eigenvalue weighted by Crippen LogP contribution is 2.36. The number of hydrogen-bond acceptors (Lipinski definition) is 5. The van der Waals surface area contributed by atoms with E-state index in [1.165, 1.54) is 20.3 Å². The first-order valence-electron chi connectivity index (χ1n) is 9.51. The van der Waals surface area contributed by atoms with Gasteiger partial charge in [-0.1, -0.05) is 18.6 Å². The molecule has 150 valence electrons. The van der Waals surface area contributed by atoms with Gasteiger partial charge < -0.3 is 14.2 Å². The maximum atomic E-state index is 13.5. The molecular weight excluding hydrogens is 378 g/mol. The van der Waals surface area contributed by atoms with Crippen LogP contribution in [0.3, 0.4) is 0 Å². The molecule has 1 heterocycles. The molecule has 4 rings (SSSR count). The van der Waals surface area contributed by atoms with E-state index in [4.69, 9.17) is 14.2 Å². The molecule has 6 nitrogen and oxygen atoms in total. The SMILES string of the molecule is COc1ccc(S(=O)(=O)N(Cc2ccc3c(c2)CCO3)C2CCC2)cc1OC. The summed E-state index contributed by atoms with van der Waals surface area (Å²) in [6.07, 6.45) is 3.71. The summed E-state index contributed by atoms with van der Waals surface area (Å²) in [6, 6.07) is 10.8. The van der Waals surface area contributed by atoms with Crippen molar-refractivity contribution in [2.45, 2.75) is 43.2 Å². The van der Waals surface area contributed by atoms with Crippen LogP contribution in [0.2, 0.25) is 0 Å². The lowest BCUT2D eigenvalue weighted by Gasteiger charge is -2.36. The van der Waals surface area contributed by atoms with Crippen molar-refractivity contribution in [3.05, 3.63) is 47.5 Å². The van der Waals surface area contributed by atoms with Gasteiger partial charge in [-0.2, -0.15) is 4.31 Å². The Bertz CT molecular complexity index is 969. The molecule has 1 aliphatic heterocycles. The molecule has 0 atom stereocenters. The van der Waals surface area contributed by atoms with Gasteiger partial charge in [0.05, 0.1) is 25.7 Å². The molecule has 0 aromatic heterocycles. The number of sulfonamides is 1. The van der Waals surface area contributed by atoms with Crippen molar-refractivity contribution in [2.75, 3.05) is 20.8 Å². The number of hydrogen-bond donors (Lipinski definition) is 0. The van der Waals surface area contributed by atoms with E-state index in [1.807, 2.05) is 12.1 Å². The van der Waals surface area contributed by atoms with E-state index in [0.29, 0.717) is 24.7 Å². The van der Waals surface area contributed by atoms with Gasteiger partial charge in [0.2, 0.25) is 10.0 Å². The highest BCUT2D eigenvalue weighted by atomic mass is 32.2. The van der Waals surface area contributed by atoms with Gasteiger partial charge in [-0.25, -0.2) is 8.42 Å². The molecule has 0 amide bonds. The summed E-state index contributed by atoms with van der Waals surface area (Å²) in [4.78, 5) is 0.224. The molecule has 0 spiro atoms. The smallest absolute Gasteiger partial charge is 0.243 e. The molecule has 0 N–H and O–H groups in total. The second-order valence-electron chi connectivity index (χ2n) is 7.19. The summed E-state index contributed by atoms with van der Waals surface area (Å²) < 4.78 is 44.7. The average Bonchev–Trinajstić information content (AvgIpc) is 3.13. The predicted molar refractivity (Wildman–Crippen MR) is 106 cm³/mol. The number of ether oxygens (including phenoxy) is 3. The summed E-state index contributed by atoms with van der Waals surface area (Å²) in [5.74, 6) is 1.82. The third-order valence-electron chi connectivity index (χ3n) is 5.54. The second kappa shape index (κ2) is 7.64. The first-order valence-corrected chi connectivity index (χ1v) is 11.0. The van der Waals surface area contributed by atoms with E-state index in [9.17, 15) is 8.42 Å². The fourth-order valence-corrected chi connectivity index (χ4v) is 5.40. The Hall–Kier alpha value is -2.25. The fraction of sp³-hybridized carbons (Fsp3) is 0.429. The van der Waals surface area contributed by atoms with Gasteiger partial charge in [-0.05, 0) is 42.2 Å². The number of benzene rings is 2. The molecule has 2 aromatic rings. The van der Waals surface area contributed by atoms with Crippen LogP contribution in [0.15, 0.2) is 41.3 Å². The number of rotatable bonds is 7. The molecule has 0 unspecified atom stereocenters. The number of methoxy groups -OCH3 is 2. The normalized spacial score (nSPS) is 16.4. The van der Waals surface area contributed by atoms with Crippen LogP contribution < -0.4 is 14.2 Å². The molecule has 1 aliphatic carbocycles. The molecule has 0 bridgehead atoms. The van der Waals surface area contributed by atoms with Crippen molar-refractivity contribution in [1.82, 2.24) is 4.31 Å². The monoisotopic (exact) mass is 403 g/mol. The fourth-order valence-electron chi connectivity index (χ4n) is 3.72. The van der Waals surface area contributed by atoms with Gasteiger partial charge in [0.25, 0.3) is 0 Å². The Labute approximate surface area is 166 Å². The highest BCUT2D eigenvalue weighted by molar-refractivity contribution is 7.89. The second-order valence-corrected chi connectivity index (χ2v) is 9.08. The lowest BCUT2D eigenvalue weighted by Crippen LogP contribution is -2.43. The molecule has 0 saturated heterocycles.